The molecule has 0 amide bonds. The van der Waals surface area contributed by atoms with Crippen molar-refractivity contribution in [2.24, 2.45) is 0 Å². The van der Waals surface area contributed by atoms with Gasteiger partial charge in [-0.25, -0.2) is 0 Å². The van der Waals surface area contributed by atoms with E-state index < -0.39 is 7.12 Å². The second-order valence-electron chi connectivity index (χ2n) is 5.05. The topological polar surface area (TPSA) is 71.8 Å². The van der Waals surface area contributed by atoms with E-state index in [1.165, 1.54) is 6.07 Å². The molecular formula is C18H20BNO4. The smallest absolute Gasteiger partial charge is 0.473 e. The average molecular weight is 325 g/mol. The lowest BCUT2D eigenvalue weighted by molar-refractivity contribution is 0.282. The van der Waals surface area contributed by atoms with Gasteiger partial charge in [0, 0.05) is 11.5 Å². The summed E-state index contributed by atoms with van der Waals surface area (Å²) in [5, 5.41) is 18.9. The van der Waals surface area contributed by atoms with E-state index in [1.807, 2.05) is 43.3 Å². The highest BCUT2D eigenvalue weighted by Crippen LogP contribution is 2.15. The highest BCUT2D eigenvalue weighted by atomic mass is 16.5. The fourth-order valence-electron chi connectivity index (χ4n) is 1.97. The summed E-state index contributed by atoms with van der Waals surface area (Å²) in [6.07, 6.45) is 3.60. The van der Waals surface area contributed by atoms with Crippen molar-refractivity contribution in [1.29, 1.82) is 0 Å². The zero-order chi connectivity index (χ0) is 17.4. The van der Waals surface area contributed by atoms with E-state index in [0.717, 1.165) is 11.1 Å². The Morgan fingerprint density at radius 3 is 2.54 bits per heavy atom. The third kappa shape index (κ3) is 4.98. The number of ether oxygens (including phenoxy) is 2. The van der Waals surface area contributed by atoms with E-state index in [4.69, 9.17) is 9.47 Å². The molecule has 2 aromatic rings. The summed E-state index contributed by atoms with van der Waals surface area (Å²) in [5.74, 6) is 0.468. The minimum atomic E-state index is -1.67. The van der Waals surface area contributed by atoms with Crippen molar-refractivity contribution in [1.82, 2.24) is 4.98 Å². The number of nitrogens with zero attached hydrogens (tertiary/aromatic N) is 1. The van der Waals surface area contributed by atoms with Crippen LogP contribution in [0.5, 0.6) is 11.8 Å². The lowest BCUT2D eigenvalue weighted by Crippen LogP contribution is -2.32. The molecule has 5 nitrogen and oxygen atoms in total. The predicted molar refractivity (Wildman–Crippen MR) is 94.3 cm³/mol. The molecule has 1 heterocycles. The van der Waals surface area contributed by atoms with Crippen LogP contribution >= 0.6 is 0 Å². The first-order valence-electron chi connectivity index (χ1n) is 7.58. The third-order valence-electron chi connectivity index (χ3n) is 3.38. The van der Waals surface area contributed by atoms with Gasteiger partial charge in [-0.3, -0.25) is 0 Å². The molecule has 0 aliphatic heterocycles. The summed E-state index contributed by atoms with van der Waals surface area (Å²) in [6, 6.07) is 12.6. The van der Waals surface area contributed by atoms with Gasteiger partial charge in [-0.2, -0.15) is 4.98 Å². The standard InChI is InChI=1S/C18H20BNO4/c1-3-14(4-2)12-23-17-11-10-16(19(21)22)18(20-17)24-13-15-8-6-5-7-9-15/h3-11,21-22H,1,12-13H2,2H3/b14-4+. The number of pyridine rings is 1. The highest BCUT2D eigenvalue weighted by Gasteiger charge is 2.19. The number of benzene rings is 1. The van der Waals surface area contributed by atoms with Crippen molar-refractivity contribution in [3.63, 3.8) is 0 Å². The van der Waals surface area contributed by atoms with Crippen molar-refractivity contribution in [3.8, 4) is 11.8 Å². The third-order valence-corrected chi connectivity index (χ3v) is 3.38. The zero-order valence-electron chi connectivity index (χ0n) is 13.6. The van der Waals surface area contributed by atoms with Gasteiger partial charge < -0.3 is 19.5 Å². The Balaban J connectivity index is 2.13. The SMILES string of the molecule is C=C/C(=C\C)COc1ccc(B(O)O)c(OCc2ccccc2)n1. The van der Waals surface area contributed by atoms with Gasteiger partial charge in [-0.05, 0) is 18.1 Å². The van der Waals surface area contributed by atoms with Gasteiger partial charge >= 0.3 is 7.12 Å². The molecule has 1 aromatic carbocycles. The van der Waals surface area contributed by atoms with E-state index >= 15 is 0 Å². The lowest BCUT2D eigenvalue weighted by Gasteiger charge is -2.12. The second kappa shape index (κ2) is 8.91. The molecule has 0 fully saturated rings. The molecule has 0 saturated carbocycles. The van der Waals surface area contributed by atoms with Gasteiger partial charge in [0.05, 0.1) is 0 Å². The quantitative estimate of drug-likeness (QED) is 0.572. The van der Waals surface area contributed by atoms with Crippen LogP contribution in [0.3, 0.4) is 0 Å². The Bertz CT molecular complexity index is 701. The van der Waals surface area contributed by atoms with Crippen LogP contribution in [0.2, 0.25) is 0 Å². The van der Waals surface area contributed by atoms with E-state index in [0.29, 0.717) is 12.5 Å². The monoisotopic (exact) mass is 325 g/mol. The Morgan fingerprint density at radius 1 is 1.17 bits per heavy atom. The van der Waals surface area contributed by atoms with Gasteiger partial charge in [0.15, 0.2) is 0 Å². The molecule has 6 heteroatoms. The minimum absolute atomic E-state index is 0.131. The number of hydrogen-bond acceptors (Lipinski definition) is 5. The van der Waals surface area contributed by atoms with Crippen molar-refractivity contribution >= 4 is 12.6 Å². The molecule has 0 radical (unpaired) electrons. The fraction of sp³-hybridized carbons (Fsp3) is 0.167. The Hall–Kier alpha value is -2.57. The van der Waals surface area contributed by atoms with Crippen molar-refractivity contribution in [3.05, 3.63) is 72.3 Å². The van der Waals surface area contributed by atoms with Crippen LogP contribution in [0.1, 0.15) is 12.5 Å². The molecule has 0 aliphatic carbocycles. The molecule has 2 rings (SSSR count). The van der Waals surface area contributed by atoms with Crippen molar-refractivity contribution in [2.75, 3.05) is 6.61 Å². The van der Waals surface area contributed by atoms with Crippen LogP contribution in [-0.2, 0) is 6.61 Å². The van der Waals surface area contributed by atoms with Crippen LogP contribution in [0, 0.1) is 0 Å². The summed E-state index contributed by atoms with van der Waals surface area (Å²) < 4.78 is 11.2. The number of hydrogen-bond donors (Lipinski definition) is 2. The molecular weight excluding hydrogens is 305 g/mol. The van der Waals surface area contributed by atoms with Gasteiger partial charge in [0.2, 0.25) is 11.8 Å². The summed E-state index contributed by atoms with van der Waals surface area (Å²) in [5.41, 5.74) is 2.06. The second-order valence-corrected chi connectivity index (χ2v) is 5.05. The summed E-state index contributed by atoms with van der Waals surface area (Å²) in [4.78, 5) is 4.22. The molecule has 0 saturated heterocycles. The first kappa shape index (κ1) is 17.8. The van der Waals surface area contributed by atoms with E-state index in [-0.39, 0.29) is 17.9 Å². The summed E-state index contributed by atoms with van der Waals surface area (Å²) in [6.45, 7) is 6.19. The molecule has 0 atom stereocenters. The molecule has 124 valence electrons. The van der Waals surface area contributed by atoms with Gasteiger partial charge in [0.25, 0.3) is 0 Å². The summed E-state index contributed by atoms with van der Waals surface area (Å²) >= 11 is 0. The lowest BCUT2D eigenvalue weighted by atomic mass is 9.81. The van der Waals surface area contributed by atoms with E-state index in [2.05, 4.69) is 11.6 Å². The molecule has 1 aromatic heterocycles. The largest absolute Gasteiger partial charge is 0.494 e. The van der Waals surface area contributed by atoms with Crippen LogP contribution in [0.4, 0.5) is 0 Å². The number of allylic oxidation sites excluding steroid dienone is 1. The summed E-state index contributed by atoms with van der Waals surface area (Å²) in [7, 11) is -1.67. The Labute approximate surface area is 142 Å². The van der Waals surface area contributed by atoms with Crippen LogP contribution < -0.4 is 14.9 Å². The van der Waals surface area contributed by atoms with Crippen molar-refractivity contribution in [2.45, 2.75) is 13.5 Å². The van der Waals surface area contributed by atoms with Crippen LogP contribution in [0.25, 0.3) is 0 Å². The number of rotatable bonds is 8. The molecule has 0 unspecified atom stereocenters. The normalized spacial score (nSPS) is 11.0. The maximum atomic E-state index is 9.46. The van der Waals surface area contributed by atoms with Gasteiger partial charge in [-0.15, -0.1) is 0 Å². The zero-order valence-corrected chi connectivity index (χ0v) is 13.6. The number of aromatic nitrogens is 1. The van der Waals surface area contributed by atoms with Gasteiger partial charge in [-0.1, -0.05) is 55.1 Å². The Morgan fingerprint density at radius 2 is 1.92 bits per heavy atom. The minimum Gasteiger partial charge on any atom is -0.473 e. The van der Waals surface area contributed by atoms with E-state index in [9.17, 15) is 10.0 Å². The predicted octanol–water partition coefficient (Wildman–Crippen LogP) is 1.85. The molecule has 2 N–H and O–H groups in total. The molecule has 0 aliphatic rings. The Kier molecular flexibility index (Phi) is 6.60. The first-order chi connectivity index (χ1) is 11.6. The molecule has 0 spiro atoms. The van der Waals surface area contributed by atoms with Crippen LogP contribution in [-0.4, -0.2) is 28.8 Å². The molecule has 0 bridgehead atoms. The first-order valence-corrected chi connectivity index (χ1v) is 7.58. The van der Waals surface area contributed by atoms with Crippen LogP contribution in [0.15, 0.2) is 66.8 Å². The van der Waals surface area contributed by atoms with Crippen molar-refractivity contribution < 1.29 is 19.5 Å². The molecule has 24 heavy (non-hydrogen) atoms. The maximum absolute atomic E-state index is 9.46. The highest BCUT2D eigenvalue weighted by molar-refractivity contribution is 6.59. The van der Waals surface area contributed by atoms with Gasteiger partial charge in [0.1, 0.15) is 13.2 Å². The average Bonchev–Trinajstić information content (AvgIpc) is 2.61. The fourth-order valence-corrected chi connectivity index (χ4v) is 1.97. The van der Waals surface area contributed by atoms with E-state index in [1.54, 1.807) is 12.1 Å². The maximum Gasteiger partial charge on any atom is 0.494 e.